The minimum atomic E-state index is -3.83. The molecule has 0 radical (unpaired) electrons. The van der Waals surface area contributed by atoms with Crippen LogP contribution in [0.25, 0.3) is 0 Å². The molecule has 0 fully saturated rings. The predicted molar refractivity (Wildman–Crippen MR) is 143 cm³/mol. The lowest BCUT2D eigenvalue weighted by Gasteiger charge is -2.32. The molecule has 2 atom stereocenters. The molecule has 2 aromatic carbocycles. The van der Waals surface area contributed by atoms with Crippen molar-refractivity contribution >= 4 is 27.5 Å². The minimum absolute atomic E-state index is 0.0547. The van der Waals surface area contributed by atoms with Crippen molar-refractivity contribution < 1.29 is 27.5 Å². The van der Waals surface area contributed by atoms with Crippen molar-refractivity contribution in [3.8, 4) is 11.5 Å². The highest BCUT2D eigenvalue weighted by Crippen LogP contribution is 2.35. The zero-order chi connectivity index (χ0) is 27.2. The van der Waals surface area contributed by atoms with Crippen LogP contribution in [-0.2, 0) is 26.2 Å². The van der Waals surface area contributed by atoms with Gasteiger partial charge in [-0.15, -0.1) is 0 Å². The topological polar surface area (TPSA) is 105 Å². The number of carbonyl (C=O) groups excluding carboxylic acids is 2. The third-order valence-electron chi connectivity index (χ3n) is 6.44. The third-order valence-corrected chi connectivity index (χ3v) is 8.18. The standard InChI is InChI=1S/C27H37N3O6S/c1-6-20(4)28-27(32)21(5)29(17-22-10-8-19(3)9-11-22)26(31)18-30(37(33,34)7-2)23-12-13-24-25(16-23)36-15-14-35-24/h8-13,16,20-21H,6-7,14-15,17-18H2,1-5H3,(H,28,32)/t20-,21+/m1/s1. The number of nitrogens with zero attached hydrogens (tertiary/aromatic N) is 2. The van der Waals surface area contributed by atoms with Crippen molar-refractivity contribution in [2.24, 2.45) is 0 Å². The summed E-state index contributed by atoms with van der Waals surface area (Å²) in [7, 11) is -3.83. The van der Waals surface area contributed by atoms with Crippen LogP contribution in [0.4, 0.5) is 5.69 Å². The zero-order valence-electron chi connectivity index (χ0n) is 22.2. The summed E-state index contributed by atoms with van der Waals surface area (Å²) in [6.07, 6.45) is 0.747. The molecule has 1 heterocycles. The van der Waals surface area contributed by atoms with E-state index in [-0.39, 0.29) is 24.2 Å². The van der Waals surface area contributed by atoms with Gasteiger partial charge in [-0.3, -0.25) is 13.9 Å². The number of nitrogens with one attached hydrogen (secondary N) is 1. The number of rotatable bonds is 11. The number of hydrogen-bond acceptors (Lipinski definition) is 6. The van der Waals surface area contributed by atoms with Gasteiger partial charge in [-0.05, 0) is 51.8 Å². The zero-order valence-corrected chi connectivity index (χ0v) is 23.0. The molecule has 0 aromatic heterocycles. The maximum absolute atomic E-state index is 13.7. The van der Waals surface area contributed by atoms with E-state index in [9.17, 15) is 18.0 Å². The van der Waals surface area contributed by atoms with Crippen LogP contribution in [0.15, 0.2) is 42.5 Å². The Labute approximate surface area is 219 Å². The van der Waals surface area contributed by atoms with Crippen molar-refractivity contribution in [1.82, 2.24) is 10.2 Å². The van der Waals surface area contributed by atoms with Gasteiger partial charge in [0.25, 0.3) is 0 Å². The van der Waals surface area contributed by atoms with Crippen LogP contribution in [0.5, 0.6) is 11.5 Å². The van der Waals surface area contributed by atoms with Crippen LogP contribution < -0.4 is 19.1 Å². The lowest BCUT2D eigenvalue weighted by atomic mass is 10.1. The van der Waals surface area contributed by atoms with Gasteiger partial charge in [0.15, 0.2) is 11.5 Å². The van der Waals surface area contributed by atoms with Crippen molar-refractivity contribution in [2.45, 2.75) is 59.7 Å². The van der Waals surface area contributed by atoms with E-state index in [4.69, 9.17) is 9.47 Å². The highest BCUT2D eigenvalue weighted by molar-refractivity contribution is 7.92. The molecule has 0 saturated carbocycles. The first kappa shape index (κ1) is 28.3. The van der Waals surface area contributed by atoms with Crippen LogP contribution >= 0.6 is 0 Å². The summed E-state index contributed by atoms with van der Waals surface area (Å²) in [6, 6.07) is 11.6. The van der Waals surface area contributed by atoms with Crippen molar-refractivity contribution in [3.05, 3.63) is 53.6 Å². The Hall–Kier alpha value is -3.27. The summed E-state index contributed by atoms with van der Waals surface area (Å²) >= 11 is 0. The van der Waals surface area contributed by atoms with Crippen LogP contribution in [0.3, 0.4) is 0 Å². The van der Waals surface area contributed by atoms with E-state index < -0.39 is 28.5 Å². The SMILES string of the molecule is CC[C@@H](C)NC(=O)[C@H](C)N(Cc1ccc(C)cc1)C(=O)CN(c1ccc2c(c1)OCCO2)S(=O)(=O)CC. The summed E-state index contributed by atoms with van der Waals surface area (Å²) in [4.78, 5) is 28.2. The van der Waals surface area contributed by atoms with Crippen LogP contribution in [0, 0.1) is 6.92 Å². The maximum atomic E-state index is 13.7. The summed E-state index contributed by atoms with van der Waals surface area (Å²) in [5, 5.41) is 2.93. The molecular weight excluding hydrogens is 494 g/mol. The lowest BCUT2D eigenvalue weighted by Crippen LogP contribution is -2.52. The van der Waals surface area contributed by atoms with Gasteiger partial charge in [-0.2, -0.15) is 0 Å². The first-order valence-electron chi connectivity index (χ1n) is 12.6. The Kier molecular flexibility index (Phi) is 9.42. The molecule has 2 aromatic rings. The Bertz CT molecular complexity index is 1200. The van der Waals surface area contributed by atoms with Gasteiger partial charge in [-0.1, -0.05) is 36.8 Å². The lowest BCUT2D eigenvalue weighted by molar-refractivity contribution is -0.139. The first-order valence-corrected chi connectivity index (χ1v) is 14.2. The van der Waals surface area contributed by atoms with Gasteiger partial charge in [-0.25, -0.2) is 8.42 Å². The number of amides is 2. The van der Waals surface area contributed by atoms with Crippen molar-refractivity contribution in [1.29, 1.82) is 0 Å². The Morgan fingerprint density at radius 3 is 2.27 bits per heavy atom. The van der Waals surface area contributed by atoms with Crippen molar-refractivity contribution in [2.75, 3.05) is 29.8 Å². The maximum Gasteiger partial charge on any atom is 0.244 e. The number of carbonyl (C=O) groups is 2. The van der Waals surface area contributed by atoms with E-state index in [1.165, 1.54) is 11.8 Å². The smallest absolute Gasteiger partial charge is 0.244 e. The molecule has 0 bridgehead atoms. The molecule has 0 spiro atoms. The van der Waals surface area contributed by atoms with Crippen LogP contribution in [-0.4, -0.2) is 62.7 Å². The number of hydrogen-bond donors (Lipinski definition) is 1. The molecule has 37 heavy (non-hydrogen) atoms. The highest BCUT2D eigenvalue weighted by atomic mass is 32.2. The van der Waals surface area contributed by atoms with E-state index in [1.807, 2.05) is 45.0 Å². The Balaban J connectivity index is 1.94. The molecule has 1 aliphatic rings. The van der Waals surface area contributed by atoms with Gasteiger partial charge in [0.1, 0.15) is 25.8 Å². The van der Waals surface area contributed by atoms with Gasteiger partial charge >= 0.3 is 0 Å². The quantitative estimate of drug-likeness (QED) is 0.477. The molecule has 2 amide bonds. The van der Waals surface area contributed by atoms with Gasteiger partial charge < -0.3 is 19.7 Å². The van der Waals surface area contributed by atoms with E-state index in [1.54, 1.807) is 25.1 Å². The monoisotopic (exact) mass is 531 g/mol. The van der Waals surface area contributed by atoms with E-state index >= 15 is 0 Å². The molecule has 1 aliphatic heterocycles. The molecule has 0 aliphatic carbocycles. The number of fused-ring (bicyclic) bond motifs is 1. The number of sulfonamides is 1. The van der Waals surface area contributed by atoms with Crippen molar-refractivity contribution in [3.63, 3.8) is 0 Å². The first-order chi connectivity index (χ1) is 17.6. The van der Waals surface area contributed by atoms with E-state index in [2.05, 4.69) is 5.32 Å². The molecule has 0 unspecified atom stereocenters. The molecular formula is C27H37N3O6S. The fourth-order valence-corrected chi connectivity index (χ4v) is 4.90. The average Bonchev–Trinajstić information content (AvgIpc) is 2.90. The number of ether oxygens (including phenoxy) is 2. The molecule has 0 saturated heterocycles. The minimum Gasteiger partial charge on any atom is -0.486 e. The molecule has 9 nitrogen and oxygen atoms in total. The average molecular weight is 532 g/mol. The van der Waals surface area contributed by atoms with Gasteiger partial charge in [0.05, 0.1) is 11.4 Å². The largest absolute Gasteiger partial charge is 0.486 e. The summed E-state index contributed by atoms with van der Waals surface area (Å²) in [6.45, 7) is 9.48. The van der Waals surface area contributed by atoms with Gasteiger partial charge in [0.2, 0.25) is 21.8 Å². The number of anilines is 1. The summed E-state index contributed by atoms with van der Waals surface area (Å²) in [5.74, 6) is -0.0355. The highest BCUT2D eigenvalue weighted by Gasteiger charge is 2.32. The summed E-state index contributed by atoms with van der Waals surface area (Å²) in [5.41, 5.74) is 2.21. The summed E-state index contributed by atoms with van der Waals surface area (Å²) < 4.78 is 38.5. The molecule has 1 N–H and O–H groups in total. The molecule has 10 heteroatoms. The number of aryl methyl sites for hydroxylation is 1. The Morgan fingerprint density at radius 2 is 1.65 bits per heavy atom. The second-order valence-electron chi connectivity index (χ2n) is 9.24. The second kappa shape index (κ2) is 12.3. The predicted octanol–water partition coefficient (Wildman–Crippen LogP) is 3.25. The molecule has 202 valence electrons. The van der Waals surface area contributed by atoms with Crippen LogP contribution in [0.1, 0.15) is 45.2 Å². The Morgan fingerprint density at radius 1 is 1.00 bits per heavy atom. The van der Waals surface area contributed by atoms with Gasteiger partial charge in [0, 0.05) is 18.7 Å². The second-order valence-corrected chi connectivity index (χ2v) is 11.4. The third kappa shape index (κ3) is 7.15. The molecule has 3 rings (SSSR count). The normalized spacial score (nSPS) is 14.4. The van der Waals surface area contributed by atoms with E-state index in [0.717, 1.165) is 21.9 Å². The van der Waals surface area contributed by atoms with Crippen LogP contribution in [0.2, 0.25) is 0 Å². The number of benzene rings is 2. The van der Waals surface area contributed by atoms with E-state index in [0.29, 0.717) is 30.4 Å². The fraction of sp³-hybridized carbons (Fsp3) is 0.481. The fourth-order valence-electron chi connectivity index (χ4n) is 3.85.